The third-order valence-electron chi connectivity index (χ3n) is 4.02. The number of likely N-dealkylation sites (tertiary alicyclic amines) is 1. The molecule has 1 aliphatic heterocycles. The maximum atomic E-state index is 12.3. The summed E-state index contributed by atoms with van der Waals surface area (Å²) >= 11 is 0. The number of urea groups is 1. The van der Waals surface area contributed by atoms with Gasteiger partial charge in [0.05, 0.1) is 0 Å². The average molecular weight is 290 g/mol. The molecule has 6 heteroatoms. The van der Waals surface area contributed by atoms with E-state index in [-0.39, 0.29) is 6.03 Å². The van der Waals surface area contributed by atoms with Crippen molar-refractivity contribution in [3.63, 3.8) is 0 Å². The molecule has 0 spiro atoms. The van der Waals surface area contributed by atoms with Crippen molar-refractivity contribution >= 4 is 17.6 Å². The van der Waals surface area contributed by atoms with Crippen molar-refractivity contribution in [2.75, 3.05) is 32.5 Å². The Morgan fingerprint density at radius 2 is 2.10 bits per heavy atom. The second-order valence-corrected chi connectivity index (χ2v) is 5.62. The zero-order valence-corrected chi connectivity index (χ0v) is 12.7. The third-order valence-corrected chi connectivity index (χ3v) is 4.02. The van der Waals surface area contributed by atoms with Crippen LogP contribution in [0, 0.1) is 6.92 Å². The number of nitrogens with zero attached hydrogens (tertiary/aromatic N) is 2. The fourth-order valence-corrected chi connectivity index (χ4v) is 2.58. The number of hydrogen-bond donors (Lipinski definition) is 2. The number of nitrogens with two attached hydrogens (primary N) is 1. The van der Waals surface area contributed by atoms with Crippen molar-refractivity contribution in [1.82, 2.24) is 9.80 Å². The fourth-order valence-electron chi connectivity index (χ4n) is 2.58. The molecular weight excluding hydrogens is 268 g/mol. The van der Waals surface area contributed by atoms with Gasteiger partial charge >= 0.3 is 6.03 Å². The van der Waals surface area contributed by atoms with Gasteiger partial charge in [-0.2, -0.15) is 0 Å². The molecule has 3 amide bonds. The maximum absolute atomic E-state index is 12.3. The van der Waals surface area contributed by atoms with E-state index in [1.165, 1.54) is 0 Å². The number of carbonyl (C=O) groups is 2. The van der Waals surface area contributed by atoms with E-state index < -0.39 is 5.91 Å². The fraction of sp³-hybridized carbons (Fsp3) is 0.467. The van der Waals surface area contributed by atoms with Crippen LogP contribution in [0.5, 0.6) is 0 Å². The van der Waals surface area contributed by atoms with Gasteiger partial charge in [-0.25, -0.2) is 4.79 Å². The summed E-state index contributed by atoms with van der Waals surface area (Å²) in [5.41, 5.74) is 7.08. The summed E-state index contributed by atoms with van der Waals surface area (Å²) in [7, 11) is 4.04. The van der Waals surface area contributed by atoms with E-state index in [0.29, 0.717) is 29.4 Å². The normalized spacial score (nSPS) is 18.1. The molecule has 21 heavy (non-hydrogen) atoms. The highest BCUT2D eigenvalue weighted by molar-refractivity contribution is 5.98. The van der Waals surface area contributed by atoms with Gasteiger partial charge in [0.25, 0.3) is 0 Å². The minimum atomic E-state index is -0.488. The zero-order valence-electron chi connectivity index (χ0n) is 12.7. The number of likely N-dealkylation sites (N-methyl/N-ethyl adjacent to an activating group) is 1. The molecule has 0 aliphatic carbocycles. The van der Waals surface area contributed by atoms with Crippen LogP contribution in [0.15, 0.2) is 18.2 Å². The second kappa shape index (κ2) is 6.13. The Kier molecular flexibility index (Phi) is 4.47. The van der Waals surface area contributed by atoms with E-state index in [2.05, 4.69) is 10.2 Å². The van der Waals surface area contributed by atoms with Crippen LogP contribution in [0.2, 0.25) is 0 Å². The number of nitrogens with one attached hydrogen (secondary N) is 1. The molecule has 1 fully saturated rings. The van der Waals surface area contributed by atoms with Gasteiger partial charge in [0.1, 0.15) is 0 Å². The molecule has 0 aromatic heterocycles. The summed E-state index contributed by atoms with van der Waals surface area (Å²) in [5, 5.41) is 2.87. The third kappa shape index (κ3) is 3.33. The molecular formula is C15H22N4O2. The van der Waals surface area contributed by atoms with Crippen molar-refractivity contribution in [3.05, 3.63) is 29.3 Å². The highest BCUT2D eigenvalue weighted by Gasteiger charge is 2.27. The highest BCUT2D eigenvalue weighted by atomic mass is 16.2. The van der Waals surface area contributed by atoms with Gasteiger partial charge in [0.15, 0.2) is 0 Å². The van der Waals surface area contributed by atoms with E-state index in [9.17, 15) is 9.59 Å². The van der Waals surface area contributed by atoms with Crippen LogP contribution < -0.4 is 11.1 Å². The van der Waals surface area contributed by atoms with Crippen LogP contribution in [0.4, 0.5) is 10.5 Å². The lowest BCUT2D eigenvalue weighted by atomic mass is 10.1. The predicted octanol–water partition coefficient (Wildman–Crippen LogP) is 1.26. The number of amides is 3. The Morgan fingerprint density at radius 3 is 2.67 bits per heavy atom. The topological polar surface area (TPSA) is 78.7 Å². The molecule has 3 N–H and O–H groups in total. The van der Waals surface area contributed by atoms with Crippen molar-refractivity contribution in [2.45, 2.75) is 19.4 Å². The Bertz CT molecular complexity index is 557. The van der Waals surface area contributed by atoms with Gasteiger partial charge in [-0.15, -0.1) is 0 Å². The van der Waals surface area contributed by atoms with Crippen LogP contribution in [-0.4, -0.2) is 55.0 Å². The molecule has 0 bridgehead atoms. The van der Waals surface area contributed by atoms with E-state index >= 15 is 0 Å². The SMILES string of the molecule is Cc1c(NC(=O)N2CC[C@@H](N(C)C)C2)cccc1C(N)=O. The summed E-state index contributed by atoms with van der Waals surface area (Å²) in [6, 6.07) is 5.41. The number of rotatable bonds is 3. The predicted molar refractivity (Wildman–Crippen MR) is 82.4 cm³/mol. The summed E-state index contributed by atoms with van der Waals surface area (Å²) < 4.78 is 0. The van der Waals surface area contributed by atoms with Gasteiger partial charge in [0.2, 0.25) is 5.91 Å². The van der Waals surface area contributed by atoms with Gasteiger partial charge in [-0.3, -0.25) is 4.79 Å². The van der Waals surface area contributed by atoms with Gasteiger partial charge < -0.3 is 20.9 Å². The number of primary amides is 1. The van der Waals surface area contributed by atoms with Crippen molar-refractivity contribution < 1.29 is 9.59 Å². The molecule has 1 aliphatic rings. The number of anilines is 1. The first kappa shape index (κ1) is 15.3. The summed E-state index contributed by atoms with van der Waals surface area (Å²) in [4.78, 5) is 27.5. The first-order valence-electron chi connectivity index (χ1n) is 7.02. The summed E-state index contributed by atoms with van der Waals surface area (Å²) in [5.74, 6) is -0.488. The number of hydrogen-bond acceptors (Lipinski definition) is 3. The highest BCUT2D eigenvalue weighted by Crippen LogP contribution is 2.20. The molecule has 114 valence electrons. The van der Waals surface area contributed by atoms with Crippen LogP contribution in [0.1, 0.15) is 22.3 Å². The van der Waals surface area contributed by atoms with Crippen LogP contribution >= 0.6 is 0 Å². The molecule has 0 unspecified atom stereocenters. The lowest BCUT2D eigenvalue weighted by Crippen LogP contribution is -2.37. The van der Waals surface area contributed by atoms with E-state index in [0.717, 1.165) is 13.0 Å². The molecule has 0 radical (unpaired) electrons. The maximum Gasteiger partial charge on any atom is 0.321 e. The Balaban J connectivity index is 2.07. The second-order valence-electron chi connectivity index (χ2n) is 5.62. The molecule has 1 saturated heterocycles. The lowest BCUT2D eigenvalue weighted by molar-refractivity contribution is 0.0999. The minimum absolute atomic E-state index is 0.135. The first-order valence-corrected chi connectivity index (χ1v) is 7.02. The van der Waals surface area contributed by atoms with Crippen molar-refractivity contribution in [3.8, 4) is 0 Å². The minimum Gasteiger partial charge on any atom is -0.366 e. The average Bonchev–Trinajstić information content (AvgIpc) is 2.90. The number of carbonyl (C=O) groups excluding carboxylic acids is 2. The van der Waals surface area contributed by atoms with Crippen molar-refractivity contribution in [1.29, 1.82) is 0 Å². The molecule has 6 nitrogen and oxygen atoms in total. The number of benzene rings is 1. The van der Waals surface area contributed by atoms with Gasteiger partial charge in [-0.1, -0.05) is 6.07 Å². The van der Waals surface area contributed by atoms with Gasteiger partial charge in [0, 0.05) is 30.4 Å². The van der Waals surface area contributed by atoms with Crippen LogP contribution in [0.3, 0.4) is 0 Å². The quantitative estimate of drug-likeness (QED) is 0.879. The standard InChI is InChI=1S/C15H22N4O2/c1-10-12(14(16)20)5-4-6-13(10)17-15(21)19-8-7-11(9-19)18(2)3/h4-6,11H,7-9H2,1-3H3,(H2,16,20)(H,17,21)/t11-/m1/s1. The Labute approximate surface area is 124 Å². The first-order chi connectivity index (χ1) is 9.90. The largest absolute Gasteiger partial charge is 0.366 e. The smallest absolute Gasteiger partial charge is 0.321 e. The molecule has 1 aromatic rings. The summed E-state index contributed by atoms with van der Waals surface area (Å²) in [6.45, 7) is 3.24. The Hall–Kier alpha value is -2.08. The zero-order chi connectivity index (χ0) is 15.6. The molecule has 1 atom stereocenters. The van der Waals surface area contributed by atoms with E-state index in [1.54, 1.807) is 30.0 Å². The van der Waals surface area contributed by atoms with E-state index in [4.69, 9.17) is 5.73 Å². The molecule has 1 aromatic carbocycles. The molecule has 1 heterocycles. The van der Waals surface area contributed by atoms with Crippen LogP contribution in [0.25, 0.3) is 0 Å². The van der Waals surface area contributed by atoms with Gasteiger partial charge in [-0.05, 0) is 45.1 Å². The Morgan fingerprint density at radius 1 is 1.38 bits per heavy atom. The lowest BCUT2D eigenvalue weighted by Gasteiger charge is -2.21. The van der Waals surface area contributed by atoms with E-state index in [1.807, 2.05) is 14.1 Å². The van der Waals surface area contributed by atoms with Crippen molar-refractivity contribution in [2.24, 2.45) is 5.73 Å². The molecule has 0 saturated carbocycles. The van der Waals surface area contributed by atoms with Crippen LogP contribution in [-0.2, 0) is 0 Å². The molecule has 2 rings (SSSR count). The summed E-state index contributed by atoms with van der Waals surface area (Å²) in [6.07, 6.45) is 0.973. The monoisotopic (exact) mass is 290 g/mol.